The Hall–Kier alpha value is -0.470. The fourth-order valence-corrected chi connectivity index (χ4v) is 5.33. The third kappa shape index (κ3) is 1.55. The first kappa shape index (κ1) is 13.2. The summed E-state index contributed by atoms with van der Waals surface area (Å²) < 4.78 is 35.0. The van der Waals surface area contributed by atoms with Crippen molar-refractivity contribution in [1.82, 2.24) is 5.32 Å². The summed E-state index contributed by atoms with van der Waals surface area (Å²) in [5, 5.41) is 3.30. The number of nitrogens with one attached hydrogen (secondary N) is 1. The molecule has 20 heavy (non-hydrogen) atoms. The van der Waals surface area contributed by atoms with Crippen molar-refractivity contribution in [3.8, 4) is 0 Å². The molecule has 0 radical (unpaired) electrons. The van der Waals surface area contributed by atoms with Gasteiger partial charge in [-0.3, -0.25) is 0 Å². The molecule has 7 heteroatoms. The topological polar surface area (TPSA) is 64.6 Å². The Morgan fingerprint density at radius 3 is 2.50 bits per heavy atom. The molecule has 1 N–H and O–H groups in total. The van der Waals surface area contributed by atoms with Crippen LogP contribution >= 0.6 is 15.9 Å². The Kier molecular flexibility index (Phi) is 2.67. The predicted molar refractivity (Wildman–Crippen MR) is 75.2 cm³/mol. The SMILES string of the molecule is O=S1(=O)OC2C3(CCNCC3)C2(c2ccc(Br)cc2)O1. The summed E-state index contributed by atoms with van der Waals surface area (Å²) in [7, 11) is -3.87. The monoisotopic (exact) mass is 359 g/mol. The van der Waals surface area contributed by atoms with E-state index in [0.29, 0.717) is 0 Å². The molecule has 0 bridgehead atoms. The number of benzene rings is 1. The molecule has 0 aromatic heterocycles. The van der Waals surface area contributed by atoms with E-state index in [9.17, 15) is 8.42 Å². The largest absolute Gasteiger partial charge is 0.401 e. The Labute approximate surface area is 126 Å². The summed E-state index contributed by atoms with van der Waals surface area (Å²) in [5.74, 6) is 0. The van der Waals surface area contributed by atoms with Crippen LogP contribution in [-0.2, 0) is 24.4 Å². The number of fused-ring (bicyclic) bond motifs is 3. The van der Waals surface area contributed by atoms with Crippen molar-refractivity contribution in [2.75, 3.05) is 13.1 Å². The average molecular weight is 360 g/mol. The van der Waals surface area contributed by atoms with Crippen LogP contribution in [0.1, 0.15) is 18.4 Å². The molecule has 1 aromatic rings. The predicted octanol–water partition coefficient (Wildman–Crippen LogP) is 1.69. The van der Waals surface area contributed by atoms with Crippen molar-refractivity contribution in [3.63, 3.8) is 0 Å². The molecular weight excluding hydrogens is 346 g/mol. The van der Waals surface area contributed by atoms with Crippen molar-refractivity contribution in [2.45, 2.75) is 24.5 Å². The van der Waals surface area contributed by atoms with Gasteiger partial charge in [0.2, 0.25) is 0 Å². The molecule has 2 unspecified atom stereocenters. The zero-order chi connectivity index (χ0) is 14.0. The molecule has 2 heterocycles. The quantitative estimate of drug-likeness (QED) is 0.826. The normalized spacial score (nSPS) is 36.8. The second-order valence-corrected chi connectivity index (χ2v) is 7.71. The number of hydrogen-bond acceptors (Lipinski definition) is 5. The molecule has 2 atom stereocenters. The molecule has 1 aliphatic carbocycles. The average Bonchev–Trinajstić information content (AvgIpc) is 2.77. The highest BCUT2D eigenvalue weighted by molar-refractivity contribution is 9.10. The molecule has 0 amide bonds. The van der Waals surface area contributed by atoms with Crippen LogP contribution in [0, 0.1) is 5.41 Å². The maximum atomic E-state index is 11.7. The number of halogens is 1. The van der Waals surface area contributed by atoms with Gasteiger partial charge in [0, 0.05) is 9.89 Å². The lowest BCUT2D eigenvalue weighted by molar-refractivity contribution is 0.105. The van der Waals surface area contributed by atoms with Crippen LogP contribution in [0.15, 0.2) is 28.7 Å². The van der Waals surface area contributed by atoms with Crippen LogP contribution in [0.25, 0.3) is 0 Å². The van der Waals surface area contributed by atoms with Crippen molar-refractivity contribution >= 4 is 26.3 Å². The van der Waals surface area contributed by atoms with Gasteiger partial charge in [0.25, 0.3) is 0 Å². The first-order valence-corrected chi connectivity index (χ1v) is 8.73. The number of hydrogen-bond donors (Lipinski definition) is 1. The number of piperidine rings is 1. The lowest BCUT2D eigenvalue weighted by atomic mass is 9.87. The van der Waals surface area contributed by atoms with E-state index in [0.717, 1.165) is 36.0 Å². The van der Waals surface area contributed by atoms with Gasteiger partial charge in [0.05, 0.1) is 0 Å². The molecule has 3 aliphatic rings. The first-order valence-electron chi connectivity index (χ1n) is 6.61. The zero-order valence-corrected chi connectivity index (χ0v) is 13.0. The highest BCUT2D eigenvalue weighted by Crippen LogP contribution is 2.74. The zero-order valence-electron chi connectivity index (χ0n) is 10.6. The lowest BCUT2D eigenvalue weighted by Gasteiger charge is -2.29. The van der Waals surface area contributed by atoms with Crippen LogP contribution in [0.4, 0.5) is 0 Å². The van der Waals surface area contributed by atoms with Crippen LogP contribution in [0.2, 0.25) is 0 Å². The minimum absolute atomic E-state index is 0.211. The standard InChI is InChI=1S/C13H14BrNO4S/c14-10-3-1-9(2-4-10)13-11(18-20(16,17)19-13)12(13)5-7-15-8-6-12/h1-4,11,15H,5-8H2. The maximum Gasteiger partial charge on any atom is 0.401 e. The van der Waals surface area contributed by atoms with E-state index in [1.165, 1.54) is 0 Å². The van der Waals surface area contributed by atoms with E-state index in [1.807, 2.05) is 24.3 Å². The second kappa shape index (κ2) is 4.04. The highest BCUT2D eigenvalue weighted by atomic mass is 79.9. The van der Waals surface area contributed by atoms with E-state index in [-0.39, 0.29) is 11.5 Å². The molecule has 4 rings (SSSR count). The van der Waals surface area contributed by atoms with Gasteiger partial charge in [-0.05, 0) is 43.6 Å². The van der Waals surface area contributed by atoms with Crippen LogP contribution < -0.4 is 5.32 Å². The van der Waals surface area contributed by atoms with E-state index in [2.05, 4.69) is 21.2 Å². The van der Waals surface area contributed by atoms with Crippen LogP contribution in [-0.4, -0.2) is 27.6 Å². The fraction of sp³-hybridized carbons (Fsp3) is 0.538. The maximum absolute atomic E-state index is 11.7. The van der Waals surface area contributed by atoms with Crippen LogP contribution in [0.3, 0.4) is 0 Å². The van der Waals surface area contributed by atoms with Gasteiger partial charge in [-0.1, -0.05) is 28.1 Å². The van der Waals surface area contributed by atoms with Crippen LogP contribution in [0.5, 0.6) is 0 Å². The van der Waals surface area contributed by atoms with Crippen molar-refractivity contribution < 1.29 is 16.8 Å². The lowest BCUT2D eigenvalue weighted by Crippen LogP contribution is -2.36. The third-order valence-electron chi connectivity index (χ3n) is 4.74. The van der Waals surface area contributed by atoms with E-state index < -0.39 is 16.0 Å². The van der Waals surface area contributed by atoms with Gasteiger partial charge >= 0.3 is 10.4 Å². The van der Waals surface area contributed by atoms with Gasteiger partial charge in [-0.2, -0.15) is 8.42 Å². The Bertz CT molecular complexity index is 653. The van der Waals surface area contributed by atoms with Gasteiger partial charge in [0.1, 0.15) is 6.10 Å². The highest BCUT2D eigenvalue weighted by Gasteiger charge is 2.85. The van der Waals surface area contributed by atoms with E-state index >= 15 is 0 Å². The summed E-state index contributed by atoms with van der Waals surface area (Å²) in [6.07, 6.45) is 1.34. The number of rotatable bonds is 1. The van der Waals surface area contributed by atoms with Gasteiger partial charge in [-0.25, -0.2) is 8.37 Å². The Morgan fingerprint density at radius 1 is 1.20 bits per heavy atom. The molecule has 1 aromatic carbocycles. The fourth-order valence-electron chi connectivity index (χ4n) is 3.80. The Balaban J connectivity index is 1.81. The summed E-state index contributed by atoms with van der Waals surface area (Å²) in [6.45, 7) is 1.73. The van der Waals surface area contributed by atoms with Crippen molar-refractivity contribution in [3.05, 3.63) is 34.3 Å². The molecule has 1 spiro atoms. The van der Waals surface area contributed by atoms with E-state index in [4.69, 9.17) is 8.37 Å². The molecule has 5 nitrogen and oxygen atoms in total. The smallest absolute Gasteiger partial charge is 0.317 e. The molecular formula is C13H14BrNO4S. The summed E-state index contributed by atoms with van der Waals surface area (Å²) in [4.78, 5) is 0. The molecule has 2 aliphatic heterocycles. The molecule has 3 fully saturated rings. The molecule has 2 saturated heterocycles. The van der Waals surface area contributed by atoms with Gasteiger partial charge in [0.15, 0.2) is 5.60 Å². The first-order chi connectivity index (χ1) is 9.50. The van der Waals surface area contributed by atoms with Crippen molar-refractivity contribution in [1.29, 1.82) is 0 Å². The molecule has 1 saturated carbocycles. The van der Waals surface area contributed by atoms with E-state index in [1.54, 1.807) is 0 Å². The van der Waals surface area contributed by atoms with Gasteiger partial charge < -0.3 is 5.32 Å². The van der Waals surface area contributed by atoms with Gasteiger partial charge in [-0.15, -0.1) is 0 Å². The minimum Gasteiger partial charge on any atom is -0.317 e. The molecule has 108 valence electrons. The summed E-state index contributed by atoms with van der Waals surface area (Å²) >= 11 is 3.39. The summed E-state index contributed by atoms with van der Waals surface area (Å²) in [5.41, 5.74) is -0.153. The second-order valence-electron chi connectivity index (χ2n) is 5.62. The minimum atomic E-state index is -3.87. The van der Waals surface area contributed by atoms with Crippen molar-refractivity contribution in [2.24, 2.45) is 5.41 Å². The third-order valence-corrected chi connectivity index (χ3v) is 6.17. The Morgan fingerprint density at radius 2 is 1.85 bits per heavy atom. The summed E-state index contributed by atoms with van der Waals surface area (Å²) in [6, 6.07) is 7.64.